The molecule has 2 heterocycles. The summed E-state index contributed by atoms with van der Waals surface area (Å²) in [5.74, 6) is 2.08. The second kappa shape index (κ2) is 10.8. The molecule has 0 saturated carbocycles. The number of aromatic nitrogens is 4. The van der Waals surface area contributed by atoms with Crippen molar-refractivity contribution < 1.29 is 4.79 Å². The number of thioether (sulfide) groups is 1. The van der Waals surface area contributed by atoms with E-state index in [0.717, 1.165) is 39.9 Å². The number of carbonyl (C=O) groups excluding carboxylic acids is 1. The molecule has 1 aromatic carbocycles. The van der Waals surface area contributed by atoms with Crippen molar-refractivity contribution in [3.05, 3.63) is 48.2 Å². The van der Waals surface area contributed by atoms with Crippen LogP contribution in [0.15, 0.2) is 47.8 Å². The van der Waals surface area contributed by atoms with Gasteiger partial charge in [0.15, 0.2) is 10.8 Å². The van der Waals surface area contributed by atoms with E-state index in [1.165, 1.54) is 0 Å². The van der Waals surface area contributed by atoms with Gasteiger partial charge in [-0.25, -0.2) is 14.6 Å². The fraction of sp³-hybridized carbons (Fsp3) is 0.364. The number of anilines is 1. The van der Waals surface area contributed by atoms with Gasteiger partial charge in [-0.1, -0.05) is 62.9 Å². The van der Waals surface area contributed by atoms with Gasteiger partial charge in [-0.2, -0.15) is 5.10 Å². The van der Waals surface area contributed by atoms with Crippen molar-refractivity contribution in [2.45, 2.75) is 32.5 Å². The lowest BCUT2D eigenvalue weighted by molar-refractivity contribution is -0.116. The second-order valence-electron chi connectivity index (χ2n) is 7.20. The molecule has 0 aliphatic rings. The Bertz CT molecular complexity index is 1000. The lowest BCUT2D eigenvalue weighted by Crippen LogP contribution is -2.25. The third kappa shape index (κ3) is 6.06. The topological polar surface area (TPSA) is 84.7 Å². The Morgan fingerprint density at radius 2 is 2.03 bits per heavy atom. The molecular formula is C22H28N6OS. The number of hydrogen-bond donors (Lipinski definition) is 2. The van der Waals surface area contributed by atoms with Crippen LogP contribution in [0.25, 0.3) is 17.1 Å². The van der Waals surface area contributed by atoms with Gasteiger partial charge >= 0.3 is 0 Å². The minimum atomic E-state index is -0.133. The zero-order valence-electron chi connectivity index (χ0n) is 17.6. The molecule has 0 bridgehead atoms. The molecule has 7 nitrogen and oxygen atoms in total. The van der Waals surface area contributed by atoms with Crippen molar-refractivity contribution in [2.75, 3.05) is 24.2 Å². The van der Waals surface area contributed by atoms with E-state index in [0.29, 0.717) is 19.0 Å². The molecule has 2 N–H and O–H groups in total. The maximum Gasteiger partial charge on any atom is 0.244 e. The van der Waals surface area contributed by atoms with Crippen molar-refractivity contribution in [2.24, 2.45) is 5.92 Å². The Morgan fingerprint density at radius 3 is 2.77 bits per heavy atom. The van der Waals surface area contributed by atoms with Gasteiger partial charge in [0, 0.05) is 19.2 Å². The number of rotatable bonds is 10. The first-order valence-corrected chi connectivity index (χ1v) is 11.2. The van der Waals surface area contributed by atoms with Gasteiger partial charge in [0.05, 0.1) is 18.1 Å². The average Bonchev–Trinajstić information content (AvgIpc) is 3.14. The summed E-state index contributed by atoms with van der Waals surface area (Å²) in [4.78, 5) is 21.4. The molecule has 0 saturated heterocycles. The van der Waals surface area contributed by atoms with Crippen LogP contribution in [-0.4, -0.2) is 44.5 Å². The molecule has 1 amide bonds. The van der Waals surface area contributed by atoms with Crippen molar-refractivity contribution >= 4 is 40.6 Å². The van der Waals surface area contributed by atoms with Crippen LogP contribution in [0.5, 0.6) is 0 Å². The van der Waals surface area contributed by atoms with E-state index in [2.05, 4.69) is 46.5 Å². The first-order chi connectivity index (χ1) is 14.6. The monoisotopic (exact) mass is 424 g/mol. The SMILES string of the molecule is CCSc1nc(NCC(C)C)c2cnn(CCNC(=O)C=Cc3ccccc3)c2n1. The van der Waals surface area contributed by atoms with Crippen LogP contribution in [0.4, 0.5) is 5.82 Å². The van der Waals surface area contributed by atoms with Gasteiger partial charge in [-0.15, -0.1) is 0 Å². The maximum absolute atomic E-state index is 12.1. The number of nitrogens with zero attached hydrogens (tertiary/aromatic N) is 4. The van der Waals surface area contributed by atoms with Gasteiger partial charge in [0.1, 0.15) is 5.82 Å². The van der Waals surface area contributed by atoms with E-state index >= 15 is 0 Å². The molecule has 0 radical (unpaired) electrons. The predicted octanol–water partition coefficient (Wildman–Crippen LogP) is 3.84. The third-order valence-electron chi connectivity index (χ3n) is 4.28. The minimum Gasteiger partial charge on any atom is -0.369 e. The fourth-order valence-corrected chi connectivity index (χ4v) is 3.37. The average molecular weight is 425 g/mol. The maximum atomic E-state index is 12.1. The lowest BCUT2D eigenvalue weighted by atomic mass is 10.2. The smallest absolute Gasteiger partial charge is 0.244 e. The summed E-state index contributed by atoms with van der Waals surface area (Å²) in [6.07, 6.45) is 5.13. The van der Waals surface area contributed by atoms with E-state index in [1.54, 1.807) is 30.1 Å². The second-order valence-corrected chi connectivity index (χ2v) is 8.43. The fourth-order valence-electron chi connectivity index (χ4n) is 2.81. The highest BCUT2D eigenvalue weighted by molar-refractivity contribution is 7.99. The highest BCUT2D eigenvalue weighted by Crippen LogP contribution is 2.24. The summed E-state index contributed by atoms with van der Waals surface area (Å²) >= 11 is 1.60. The summed E-state index contributed by atoms with van der Waals surface area (Å²) < 4.78 is 1.82. The normalized spacial score (nSPS) is 11.5. The number of amides is 1. The largest absolute Gasteiger partial charge is 0.369 e. The Morgan fingerprint density at radius 1 is 1.23 bits per heavy atom. The molecule has 3 rings (SSSR count). The Kier molecular flexibility index (Phi) is 7.84. The third-order valence-corrected chi connectivity index (χ3v) is 5.01. The van der Waals surface area contributed by atoms with E-state index in [-0.39, 0.29) is 5.91 Å². The van der Waals surface area contributed by atoms with Crippen LogP contribution in [0.3, 0.4) is 0 Å². The molecule has 158 valence electrons. The van der Waals surface area contributed by atoms with E-state index in [4.69, 9.17) is 0 Å². The number of fused-ring (bicyclic) bond motifs is 1. The highest BCUT2D eigenvalue weighted by Gasteiger charge is 2.13. The first-order valence-electron chi connectivity index (χ1n) is 10.2. The van der Waals surface area contributed by atoms with Crippen LogP contribution in [0.2, 0.25) is 0 Å². The number of hydrogen-bond acceptors (Lipinski definition) is 6. The van der Waals surface area contributed by atoms with Gasteiger partial charge in [-0.05, 0) is 23.3 Å². The molecule has 0 aliphatic heterocycles. The Labute approximate surface area is 181 Å². The molecule has 0 unspecified atom stereocenters. The summed E-state index contributed by atoms with van der Waals surface area (Å²) in [5.41, 5.74) is 1.77. The summed E-state index contributed by atoms with van der Waals surface area (Å²) in [7, 11) is 0. The van der Waals surface area contributed by atoms with Crippen molar-refractivity contribution in [3.63, 3.8) is 0 Å². The lowest BCUT2D eigenvalue weighted by Gasteiger charge is -2.11. The van der Waals surface area contributed by atoms with Gasteiger partial charge in [-0.3, -0.25) is 4.79 Å². The van der Waals surface area contributed by atoms with Crippen molar-refractivity contribution in [1.82, 2.24) is 25.1 Å². The molecule has 2 aromatic heterocycles. The van der Waals surface area contributed by atoms with Crippen LogP contribution in [0.1, 0.15) is 26.3 Å². The number of carbonyl (C=O) groups is 1. The van der Waals surface area contributed by atoms with Crippen molar-refractivity contribution in [1.29, 1.82) is 0 Å². The summed E-state index contributed by atoms with van der Waals surface area (Å²) in [6.45, 7) is 8.22. The van der Waals surface area contributed by atoms with E-state index in [1.807, 2.05) is 35.0 Å². The van der Waals surface area contributed by atoms with Crippen molar-refractivity contribution in [3.8, 4) is 0 Å². The zero-order valence-corrected chi connectivity index (χ0v) is 18.4. The molecule has 3 aromatic rings. The van der Waals surface area contributed by atoms with Crippen LogP contribution < -0.4 is 10.6 Å². The van der Waals surface area contributed by atoms with Gasteiger partial charge in [0.2, 0.25) is 5.91 Å². The number of benzene rings is 1. The first kappa shape index (κ1) is 21.8. The van der Waals surface area contributed by atoms with Crippen LogP contribution in [-0.2, 0) is 11.3 Å². The summed E-state index contributed by atoms with van der Waals surface area (Å²) in [6, 6.07) is 9.74. The van der Waals surface area contributed by atoms with Crippen LogP contribution >= 0.6 is 11.8 Å². The van der Waals surface area contributed by atoms with Gasteiger partial charge in [0.25, 0.3) is 0 Å². The quantitative estimate of drug-likeness (QED) is 0.292. The Hall–Kier alpha value is -2.87. The number of nitrogens with one attached hydrogen (secondary N) is 2. The molecule has 30 heavy (non-hydrogen) atoms. The molecule has 8 heteroatoms. The Balaban J connectivity index is 1.66. The molecule has 0 atom stereocenters. The van der Waals surface area contributed by atoms with Gasteiger partial charge < -0.3 is 10.6 Å². The molecular weight excluding hydrogens is 396 g/mol. The van der Waals surface area contributed by atoms with E-state index in [9.17, 15) is 4.79 Å². The van der Waals surface area contributed by atoms with E-state index < -0.39 is 0 Å². The standard InChI is InChI=1S/C22H28N6OS/c1-4-30-22-26-20(24-14-16(2)3)18-15-25-28(21(18)27-22)13-12-23-19(29)11-10-17-8-6-5-7-9-17/h5-11,15-16H,4,12-14H2,1-3H3,(H,23,29)(H,24,26,27). The molecule has 0 fully saturated rings. The summed E-state index contributed by atoms with van der Waals surface area (Å²) in [5, 5.41) is 12.4. The van der Waals surface area contributed by atoms with Crippen LogP contribution in [0, 0.1) is 5.92 Å². The zero-order chi connectivity index (χ0) is 21.3. The minimum absolute atomic E-state index is 0.133. The molecule has 0 spiro atoms. The highest BCUT2D eigenvalue weighted by atomic mass is 32.2. The molecule has 0 aliphatic carbocycles. The predicted molar refractivity (Wildman–Crippen MR) is 124 cm³/mol.